The summed E-state index contributed by atoms with van der Waals surface area (Å²) < 4.78 is 0. The number of anilines is 2. The van der Waals surface area contributed by atoms with Crippen LogP contribution in [0.1, 0.15) is 54.1 Å². The third-order valence-corrected chi connectivity index (χ3v) is 5.82. The van der Waals surface area contributed by atoms with Gasteiger partial charge in [-0.1, -0.05) is 38.0 Å². The molecule has 1 saturated carbocycles. The van der Waals surface area contributed by atoms with Crippen molar-refractivity contribution in [3.05, 3.63) is 59.2 Å². The van der Waals surface area contributed by atoms with Gasteiger partial charge in [-0.2, -0.15) is 0 Å². The Bertz CT molecular complexity index is 983. The first kappa shape index (κ1) is 23.3. The van der Waals surface area contributed by atoms with Crippen molar-refractivity contribution in [1.29, 1.82) is 0 Å². The number of para-hydroxylation sites is 1. The number of urea groups is 1. The average Bonchev–Trinajstić information content (AvgIpc) is 3.28. The van der Waals surface area contributed by atoms with Crippen molar-refractivity contribution in [3.8, 4) is 0 Å². The molecule has 32 heavy (non-hydrogen) atoms. The zero-order valence-corrected chi connectivity index (χ0v) is 19.0. The lowest BCUT2D eigenvalue weighted by atomic mass is 10.1. The predicted octanol–water partition coefficient (Wildman–Crippen LogP) is 4.33. The molecule has 7 heteroatoms. The highest BCUT2D eigenvalue weighted by Crippen LogP contribution is 2.20. The highest BCUT2D eigenvalue weighted by molar-refractivity contribution is 5.98. The molecule has 0 atom stereocenters. The molecule has 0 heterocycles. The molecule has 1 fully saturated rings. The molecule has 2 aromatic carbocycles. The second-order valence-electron chi connectivity index (χ2n) is 8.33. The minimum absolute atomic E-state index is 0.0786. The van der Waals surface area contributed by atoms with E-state index >= 15 is 0 Å². The van der Waals surface area contributed by atoms with Crippen LogP contribution in [0.15, 0.2) is 42.5 Å². The maximum absolute atomic E-state index is 12.6. The fourth-order valence-electron chi connectivity index (χ4n) is 3.92. The molecule has 170 valence electrons. The summed E-state index contributed by atoms with van der Waals surface area (Å²) in [6.07, 6.45) is 5.18. The Morgan fingerprint density at radius 3 is 2.41 bits per heavy atom. The van der Waals surface area contributed by atoms with Crippen molar-refractivity contribution in [2.45, 2.75) is 52.0 Å². The van der Waals surface area contributed by atoms with Crippen LogP contribution in [0.3, 0.4) is 0 Å². The first-order valence-electron chi connectivity index (χ1n) is 11.2. The van der Waals surface area contributed by atoms with Gasteiger partial charge >= 0.3 is 6.03 Å². The van der Waals surface area contributed by atoms with Gasteiger partial charge in [0, 0.05) is 30.0 Å². The monoisotopic (exact) mass is 436 g/mol. The van der Waals surface area contributed by atoms with Gasteiger partial charge in [-0.15, -0.1) is 0 Å². The van der Waals surface area contributed by atoms with Crippen LogP contribution in [0.2, 0.25) is 0 Å². The van der Waals surface area contributed by atoms with Crippen LogP contribution in [-0.4, -0.2) is 42.4 Å². The summed E-state index contributed by atoms with van der Waals surface area (Å²) in [6, 6.07) is 12.7. The molecule has 1 aliphatic carbocycles. The third-order valence-electron chi connectivity index (χ3n) is 5.82. The number of aryl methyl sites for hydroxylation is 2. The van der Waals surface area contributed by atoms with E-state index in [0.717, 1.165) is 48.9 Å². The van der Waals surface area contributed by atoms with Crippen LogP contribution in [0.4, 0.5) is 16.2 Å². The molecule has 0 bridgehead atoms. The Hall–Kier alpha value is -3.35. The highest BCUT2D eigenvalue weighted by atomic mass is 16.2. The molecule has 3 rings (SSSR count). The molecule has 7 nitrogen and oxygen atoms in total. The number of hydrogen-bond donors (Lipinski definition) is 3. The molecule has 0 unspecified atom stereocenters. The Labute approximate surface area is 189 Å². The fraction of sp³-hybridized carbons (Fsp3) is 0.400. The summed E-state index contributed by atoms with van der Waals surface area (Å²) >= 11 is 0. The number of nitrogens with zero attached hydrogens (tertiary/aromatic N) is 1. The molecular formula is C25H32N4O3. The standard InChI is InChI=1S/C25H32N4O3/c1-4-18-9-5-8-12-22(18)27-23(30)16-29(3)25(32)28-21-14-13-19(15-17(21)2)24(31)26-20-10-6-7-11-20/h5,8-9,12-15,20H,4,6-7,10-11,16H2,1-3H3,(H,26,31)(H,27,30)(H,28,32). The number of hydrogen-bond acceptors (Lipinski definition) is 3. The second kappa shape index (κ2) is 10.8. The number of rotatable bonds is 7. The zero-order chi connectivity index (χ0) is 23.1. The van der Waals surface area contributed by atoms with Crippen LogP contribution in [0, 0.1) is 6.92 Å². The van der Waals surface area contributed by atoms with Crippen molar-refractivity contribution in [3.63, 3.8) is 0 Å². The van der Waals surface area contributed by atoms with E-state index < -0.39 is 6.03 Å². The highest BCUT2D eigenvalue weighted by Gasteiger charge is 2.19. The third kappa shape index (κ3) is 6.09. The van der Waals surface area contributed by atoms with Gasteiger partial charge < -0.3 is 20.9 Å². The Morgan fingerprint density at radius 1 is 1.00 bits per heavy atom. The Balaban J connectivity index is 1.55. The van der Waals surface area contributed by atoms with E-state index in [-0.39, 0.29) is 24.4 Å². The van der Waals surface area contributed by atoms with E-state index in [1.807, 2.05) is 38.1 Å². The van der Waals surface area contributed by atoms with E-state index in [9.17, 15) is 14.4 Å². The number of benzene rings is 2. The fourth-order valence-corrected chi connectivity index (χ4v) is 3.92. The number of nitrogens with one attached hydrogen (secondary N) is 3. The van der Waals surface area contributed by atoms with Crippen LogP contribution < -0.4 is 16.0 Å². The summed E-state index contributed by atoms with van der Waals surface area (Å²) in [4.78, 5) is 38.8. The van der Waals surface area contributed by atoms with Crippen molar-refractivity contribution in [2.24, 2.45) is 0 Å². The van der Waals surface area contributed by atoms with Crippen LogP contribution in [0.25, 0.3) is 0 Å². The van der Waals surface area contributed by atoms with Crippen molar-refractivity contribution < 1.29 is 14.4 Å². The topological polar surface area (TPSA) is 90.5 Å². The van der Waals surface area contributed by atoms with E-state index in [4.69, 9.17) is 0 Å². The van der Waals surface area contributed by atoms with Gasteiger partial charge in [0.25, 0.3) is 5.91 Å². The smallest absolute Gasteiger partial charge is 0.322 e. The molecule has 3 N–H and O–H groups in total. The molecule has 0 aliphatic heterocycles. The average molecular weight is 437 g/mol. The van der Waals surface area contributed by atoms with Crippen molar-refractivity contribution >= 4 is 29.2 Å². The number of amides is 4. The summed E-state index contributed by atoms with van der Waals surface area (Å²) in [6.45, 7) is 3.79. The predicted molar refractivity (Wildman–Crippen MR) is 127 cm³/mol. The summed E-state index contributed by atoms with van der Waals surface area (Å²) in [5.74, 6) is -0.349. The van der Waals surface area contributed by atoms with Gasteiger partial charge in [0.15, 0.2) is 0 Å². The van der Waals surface area contributed by atoms with Crippen molar-refractivity contribution in [1.82, 2.24) is 10.2 Å². The normalized spacial score (nSPS) is 13.5. The van der Waals surface area contributed by atoms with Gasteiger partial charge in [0.05, 0.1) is 0 Å². The lowest BCUT2D eigenvalue weighted by Gasteiger charge is -2.19. The molecule has 1 aliphatic rings. The first-order chi connectivity index (χ1) is 15.4. The molecule has 0 spiro atoms. The van der Waals surface area contributed by atoms with Crippen LogP contribution >= 0.6 is 0 Å². The largest absolute Gasteiger partial charge is 0.349 e. The molecule has 2 aromatic rings. The summed E-state index contributed by atoms with van der Waals surface area (Å²) in [5, 5.41) is 8.75. The molecular weight excluding hydrogens is 404 g/mol. The SMILES string of the molecule is CCc1ccccc1NC(=O)CN(C)C(=O)Nc1ccc(C(=O)NC2CCCC2)cc1C. The minimum Gasteiger partial charge on any atom is -0.349 e. The Kier molecular flexibility index (Phi) is 7.87. The number of carbonyl (C=O) groups is 3. The van der Waals surface area contributed by atoms with Gasteiger partial charge in [0.2, 0.25) is 5.91 Å². The van der Waals surface area contributed by atoms with Gasteiger partial charge in [-0.05, 0) is 61.6 Å². The maximum atomic E-state index is 12.6. The van der Waals surface area contributed by atoms with Gasteiger partial charge in [-0.3, -0.25) is 9.59 Å². The number of carbonyl (C=O) groups excluding carboxylic acids is 3. The van der Waals surface area contributed by atoms with Crippen molar-refractivity contribution in [2.75, 3.05) is 24.2 Å². The van der Waals surface area contributed by atoms with E-state index in [2.05, 4.69) is 16.0 Å². The van der Waals surface area contributed by atoms with E-state index in [1.54, 1.807) is 25.2 Å². The lowest BCUT2D eigenvalue weighted by Crippen LogP contribution is -2.38. The van der Waals surface area contributed by atoms with E-state index in [1.165, 1.54) is 4.90 Å². The molecule has 0 saturated heterocycles. The van der Waals surface area contributed by atoms with Crippen LogP contribution in [-0.2, 0) is 11.2 Å². The molecule has 4 amide bonds. The maximum Gasteiger partial charge on any atom is 0.322 e. The first-order valence-corrected chi connectivity index (χ1v) is 11.2. The van der Waals surface area contributed by atoms with Crippen LogP contribution in [0.5, 0.6) is 0 Å². The zero-order valence-electron chi connectivity index (χ0n) is 19.0. The molecule has 0 radical (unpaired) electrons. The number of likely N-dealkylation sites (N-methyl/N-ethyl adjacent to an activating group) is 1. The van der Waals surface area contributed by atoms with Gasteiger partial charge in [0.1, 0.15) is 6.54 Å². The Morgan fingerprint density at radius 2 is 1.72 bits per heavy atom. The summed E-state index contributed by atoms with van der Waals surface area (Å²) in [7, 11) is 1.57. The quantitative estimate of drug-likeness (QED) is 0.603. The summed E-state index contributed by atoms with van der Waals surface area (Å²) in [5.41, 5.74) is 3.77. The van der Waals surface area contributed by atoms with E-state index in [0.29, 0.717) is 11.3 Å². The van der Waals surface area contributed by atoms with Gasteiger partial charge in [-0.25, -0.2) is 4.79 Å². The minimum atomic E-state index is -0.393. The second-order valence-corrected chi connectivity index (χ2v) is 8.33. The lowest BCUT2D eigenvalue weighted by molar-refractivity contribution is -0.116. The molecule has 0 aromatic heterocycles.